The van der Waals surface area contributed by atoms with Gasteiger partial charge in [-0.05, 0) is 25.1 Å². The van der Waals surface area contributed by atoms with Crippen molar-refractivity contribution >= 4 is 27.5 Å². The number of aryl methyl sites for hydroxylation is 1. The standard InChI is InChI=1S/C22H26N4O3S/c1-14-18-20(29-4)23-17(13-28-3)24-21(18)30-19(14)22(27)26-11-10-25(2)12-16(26)15-8-6-5-7-9-15/h5-9,16H,10-13H2,1-4H3. The molecule has 4 rings (SSSR count). The van der Waals surface area contributed by atoms with Gasteiger partial charge in [-0.2, -0.15) is 4.98 Å². The molecule has 0 bridgehead atoms. The van der Waals surface area contributed by atoms with Crippen LogP contribution in [0.15, 0.2) is 30.3 Å². The van der Waals surface area contributed by atoms with E-state index in [2.05, 4.69) is 34.0 Å². The minimum Gasteiger partial charge on any atom is -0.480 e. The number of nitrogens with zero attached hydrogens (tertiary/aromatic N) is 4. The number of amides is 1. The molecule has 3 aromatic rings. The summed E-state index contributed by atoms with van der Waals surface area (Å²) >= 11 is 1.40. The summed E-state index contributed by atoms with van der Waals surface area (Å²) < 4.78 is 10.7. The lowest BCUT2D eigenvalue weighted by Crippen LogP contribution is -2.49. The third-order valence-corrected chi connectivity index (χ3v) is 6.67. The van der Waals surface area contributed by atoms with Crippen LogP contribution in [0.25, 0.3) is 10.2 Å². The summed E-state index contributed by atoms with van der Waals surface area (Å²) in [6.45, 7) is 4.57. The first kappa shape index (κ1) is 20.7. The molecule has 1 atom stereocenters. The van der Waals surface area contributed by atoms with Crippen molar-refractivity contribution in [3.63, 3.8) is 0 Å². The Balaban J connectivity index is 1.75. The number of thiophene rings is 1. The summed E-state index contributed by atoms with van der Waals surface area (Å²) in [6.07, 6.45) is 0. The maximum atomic E-state index is 13.7. The number of methoxy groups -OCH3 is 2. The van der Waals surface area contributed by atoms with Crippen LogP contribution in [0.1, 0.15) is 32.7 Å². The Morgan fingerprint density at radius 3 is 2.67 bits per heavy atom. The third-order valence-electron chi connectivity index (χ3n) is 5.49. The van der Waals surface area contributed by atoms with Gasteiger partial charge in [0.2, 0.25) is 5.88 Å². The van der Waals surface area contributed by atoms with Gasteiger partial charge in [-0.1, -0.05) is 30.3 Å². The van der Waals surface area contributed by atoms with E-state index in [-0.39, 0.29) is 11.9 Å². The van der Waals surface area contributed by atoms with Gasteiger partial charge in [-0.15, -0.1) is 11.3 Å². The molecule has 0 saturated carbocycles. The molecule has 1 fully saturated rings. The van der Waals surface area contributed by atoms with Gasteiger partial charge < -0.3 is 19.3 Å². The minimum atomic E-state index is 0.0131. The number of hydrogen-bond donors (Lipinski definition) is 0. The molecule has 158 valence electrons. The highest BCUT2D eigenvalue weighted by atomic mass is 32.1. The largest absolute Gasteiger partial charge is 0.480 e. The molecule has 7 nitrogen and oxygen atoms in total. The minimum absolute atomic E-state index is 0.0131. The van der Waals surface area contributed by atoms with E-state index < -0.39 is 0 Å². The van der Waals surface area contributed by atoms with Crippen molar-refractivity contribution in [1.82, 2.24) is 19.8 Å². The van der Waals surface area contributed by atoms with E-state index in [1.165, 1.54) is 11.3 Å². The zero-order chi connectivity index (χ0) is 21.3. The first-order valence-electron chi connectivity index (χ1n) is 9.90. The fourth-order valence-corrected chi connectivity index (χ4v) is 5.09. The van der Waals surface area contributed by atoms with Crippen LogP contribution in [0.4, 0.5) is 0 Å². The van der Waals surface area contributed by atoms with Crippen molar-refractivity contribution in [2.45, 2.75) is 19.6 Å². The third kappa shape index (κ3) is 3.78. The van der Waals surface area contributed by atoms with Crippen LogP contribution in [0.2, 0.25) is 0 Å². The second kappa shape index (κ2) is 8.67. The second-order valence-corrected chi connectivity index (χ2v) is 8.50. The molecule has 0 N–H and O–H groups in total. The molecule has 3 heterocycles. The number of benzene rings is 1. The fourth-order valence-electron chi connectivity index (χ4n) is 3.94. The van der Waals surface area contributed by atoms with Gasteiger partial charge in [-0.25, -0.2) is 4.98 Å². The average molecular weight is 427 g/mol. The first-order chi connectivity index (χ1) is 14.5. The molecule has 30 heavy (non-hydrogen) atoms. The van der Waals surface area contributed by atoms with Crippen LogP contribution in [0, 0.1) is 6.92 Å². The quantitative estimate of drug-likeness (QED) is 0.624. The molecule has 2 aromatic heterocycles. The van der Waals surface area contributed by atoms with Crippen molar-refractivity contribution in [2.75, 3.05) is 40.9 Å². The van der Waals surface area contributed by atoms with Crippen molar-refractivity contribution < 1.29 is 14.3 Å². The van der Waals surface area contributed by atoms with Crippen LogP contribution < -0.4 is 4.74 Å². The zero-order valence-electron chi connectivity index (χ0n) is 17.7. The molecule has 1 saturated heterocycles. The molecular weight excluding hydrogens is 400 g/mol. The Hall–Kier alpha value is -2.55. The van der Waals surface area contributed by atoms with Crippen LogP contribution in [-0.4, -0.2) is 66.6 Å². The fraction of sp³-hybridized carbons (Fsp3) is 0.409. The molecule has 1 amide bonds. The lowest BCUT2D eigenvalue weighted by Gasteiger charge is -2.40. The maximum Gasteiger partial charge on any atom is 0.264 e. The Morgan fingerprint density at radius 2 is 1.97 bits per heavy atom. The Labute approximate surface area is 180 Å². The summed E-state index contributed by atoms with van der Waals surface area (Å²) in [5, 5.41) is 0.802. The predicted octanol–water partition coefficient (Wildman–Crippen LogP) is 3.28. The average Bonchev–Trinajstić information content (AvgIpc) is 3.10. The van der Waals surface area contributed by atoms with Crippen LogP contribution >= 0.6 is 11.3 Å². The highest BCUT2D eigenvalue weighted by Crippen LogP contribution is 2.37. The van der Waals surface area contributed by atoms with Gasteiger partial charge in [0.1, 0.15) is 11.4 Å². The molecular formula is C22H26N4O3S. The first-order valence-corrected chi connectivity index (χ1v) is 10.7. The number of piperazine rings is 1. The summed E-state index contributed by atoms with van der Waals surface area (Å²) in [7, 11) is 5.29. The number of hydrogen-bond acceptors (Lipinski definition) is 7. The van der Waals surface area contributed by atoms with Crippen molar-refractivity contribution in [3.05, 3.63) is 52.2 Å². The summed E-state index contributed by atoms with van der Waals surface area (Å²) in [6, 6.07) is 10.2. The molecule has 0 aliphatic carbocycles. The smallest absolute Gasteiger partial charge is 0.264 e. The van der Waals surface area contributed by atoms with E-state index in [0.717, 1.165) is 34.4 Å². The lowest BCUT2D eigenvalue weighted by molar-refractivity contribution is 0.0502. The number of rotatable bonds is 5. The number of likely N-dealkylation sites (N-methyl/N-ethyl adjacent to an activating group) is 1. The van der Waals surface area contributed by atoms with Crippen molar-refractivity contribution in [3.8, 4) is 5.88 Å². The van der Waals surface area contributed by atoms with Gasteiger partial charge in [0, 0.05) is 26.7 Å². The summed E-state index contributed by atoms with van der Waals surface area (Å²) in [5.41, 5.74) is 2.02. The normalized spacial score (nSPS) is 17.5. The second-order valence-electron chi connectivity index (χ2n) is 7.51. The molecule has 1 aromatic carbocycles. The summed E-state index contributed by atoms with van der Waals surface area (Å²) in [5.74, 6) is 1.06. The summed E-state index contributed by atoms with van der Waals surface area (Å²) in [4.78, 5) is 28.4. The number of carbonyl (C=O) groups excluding carboxylic acids is 1. The van der Waals surface area contributed by atoms with E-state index in [9.17, 15) is 4.79 Å². The molecule has 1 unspecified atom stereocenters. The van der Waals surface area contributed by atoms with Crippen molar-refractivity contribution in [2.24, 2.45) is 0 Å². The van der Waals surface area contributed by atoms with Gasteiger partial charge in [0.05, 0.1) is 23.4 Å². The van der Waals surface area contributed by atoms with E-state index in [0.29, 0.717) is 29.7 Å². The van der Waals surface area contributed by atoms with Crippen LogP contribution in [0.5, 0.6) is 5.88 Å². The molecule has 1 aliphatic heterocycles. The molecule has 0 radical (unpaired) electrons. The van der Waals surface area contributed by atoms with E-state index >= 15 is 0 Å². The van der Waals surface area contributed by atoms with E-state index in [1.54, 1.807) is 14.2 Å². The zero-order valence-corrected chi connectivity index (χ0v) is 18.5. The van der Waals surface area contributed by atoms with E-state index in [4.69, 9.17) is 9.47 Å². The topological polar surface area (TPSA) is 67.8 Å². The molecule has 0 spiro atoms. The number of ether oxygens (including phenoxy) is 2. The van der Waals surface area contributed by atoms with E-state index in [1.807, 2.05) is 30.0 Å². The predicted molar refractivity (Wildman–Crippen MR) is 117 cm³/mol. The number of aromatic nitrogens is 2. The van der Waals surface area contributed by atoms with Crippen LogP contribution in [-0.2, 0) is 11.3 Å². The SMILES string of the molecule is COCc1nc(OC)c2c(C)c(C(=O)N3CCN(C)CC3c3ccccc3)sc2n1. The number of carbonyl (C=O) groups is 1. The highest BCUT2D eigenvalue weighted by Gasteiger charge is 2.33. The maximum absolute atomic E-state index is 13.7. The van der Waals surface area contributed by atoms with Crippen molar-refractivity contribution in [1.29, 1.82) is 0 Å². The molecule has 8 heteroatoms. The Bertz CT molecular complexity index is 1050. The highest BCUT2D eigenvalue weighted by molar-refractivity contribution is 7.20. The number of fused-ring (bicyclic) bond motifs is 1. The Kier molecular flexibility index (Phi) is 5.99. The van der Waals surface area contributed by atoms with Gasteiger partial charge in [0.25, 0.3) is 5.91 Å². The lowest BCUT2D eigenvalue weighted by atomic mass is 10.0. The Morgan fingerprint density at radius 1 is 1.20 bits per heavy atom. The van der Waals surface area contributed by atoms with Crippen LogP contribution in [0.3, 0.4) is 0 Å². The van der Waals surface area contributed by atoms with Gasteiger partial charge in [0.15, 0.2) is 5.82 Å². The molecule has 1 aliphatic rings. The van der Waals surface area contributed by atoms with Gasteiger partial charge in [-0.3, -0.25) is 4.79 Å². The van der Waals surface area contributed by atoms with Gasteiger partial charge >= 0.3 is 0 Å². The monoisotopic (exact) mass is 426 g/mol.